The van der Waals surface area contributed by atoms with E-state index in [9.17, 15) is 13.2 Å². The number of halogens is 1. The van der Waals surface area contributed by atoms with Gasteiger partial charge in [0.15, 0.2) is 0 Å². The van der Waals surface area contributed by atoms with Crippen LogP contribution in [0.15, 0.2) is 23.1 Å². The van der Waals surface area contributed by atoms with Gasteiger partial charge >= 0.3 is 5.97 Å². The maximum Gasteiger partial charge on any atom is 0.339 e. The van der Waals surface area contributed by atoms with Crippen LogP contribution >= 0.6 is 22.6 Å². The van der Waals surface area contributed by atoms with Gasteiger partial charge in [-0.05, 0) is 34.7 Å². The SMILES string of the molecule is COC(=O)c1cccc(I)c1S(N)(=O)=O. The molecule has 0 radical (unpaired) electrons. The minimum atomic E-state index is -3.93. The summed E-state index contributed by atoms with van der Waals surface area (Å²) in [5.74, 6) is -0.724. The van der Waals surface area contributed by atoms with E-state index in [4.69, 9.17) is 5.14 Å². The maximum absolute atomic E-state index is 11.3. The number of sulfonamides is 1. The van der Waals surface area contributed by atoms with Gasteiger partial charge in [-0.1, -0.05) is 6.07 Å². The summed E-state index contributed by atoms with van der Waals surface area (Å²) in [6.45, 7) is 0. The summed E-state index contributed by atoms with van der Waals surface area (Å²) in [7, 11) is -2.75. The van der Waals surface area contributed by atoms with E-state index >= 15 is 0 Å². The molecule has 0 atom stereocenters. The third-order valence-corrected chi connectivity index (χ3v) is 3.93. The predicted octanol–water partition coefficient (Wildman–Crippen LogP) is 0.725. The quantitative estimate of drug-likeness (QED) is 0.635. The van der Waals surface area contributed by atoms with Crippen LogP contribution in [0.25, 0.3) is 0 Å². The molecule has 0 aliphatic heterocycles. The van der Waals surface area contributed by atoms with E-state index in [-0.39, 0.29) is 10.5 Å². The Hall–Kier alpha value is -0.670. The molecule has 0 amide bonds. The number of carbonyl (C=O) groups is 1. The summed E-state index contributed by atoms with van der Waals surface area (Å²) in [6.07, 6.45) is 0. The highest BCUT2D eigenvalue weighted by molar-refractivity contribution is 14.1. The molecule has 1 rings (SSSR count). The van der Waals surface area contributed by atoms with Crippen LogP contribution in [-0.4, -0.2) is 21.5 Å². The fourth-order valence-corrected chi connectivity index (χ4v) is 3.29. The molecule has 0 unspecified atom stereocenters. The lowest BCUT2D eigenvalue weighted by Crippen LogP contribution is -2.18. The van der Waals surface area contributed by atoms with E-state index in [1.165, 1.54) is 13.2 Å². The normalized spacial score (nSPS) is 11.1. The first-order chi connectivity index (χ1) is 6.88. The van der Waals surface area contributed by atoms with E-state index in [1.807, 2.05) is 0 Å². The van der Waals surface area contributed by atoms with Crippen LogP contribution in [-0.2, 0) is 14.8 Å². The molecular weight excluding hydrogens is 333 g/mol. The number of esters is 1. The maximum atomic E-state index is 11.3. The van der Waals surface area contributed by atoms with Crippen molar-refractivity contribution in [2.75, 3.05) is 7.11 Å². The van der Waals surface area contributed by atoms with Crippen LogP contribution in [0.4, 0.5) is 0 Å². The molecule has 0 aliphatic carbocycles. The van der Waals surface area contributed by atoms with E-state index in [2.05, 4.69) is 4.74 Å². The van der Waals surface area contributed by atoms with Crippen LogP contribution in [0.2, 0.25) is 0 Å². The molecule has 0 heterocycles. The minimum Gasteiger partial charge on any atom is -0.465 e. The van der Waals surface area contributed by atoms with Gasteiger partial charge in [-0.2, -0.15) is 0 Å². The molecule has 0 aliphatic rings. The molecule has 0 spiro atoms. The van der Waals surface area contributed by atoms with Crippen molar-refractivity contribution in [2.24, 2.45) is 5.14 Å². The Labute approximate surface area is 101 Å². The van der Waals surface area contributed by atoms with Crippen LogP contribution in [0.3, 0.4) is 0 Å². The van der Waals surface area contributed by atoms with Crippen molar-refractivity contribution in [1.29, 1.82) is 0 Å². The Morgan fingerprint density at radius 1 is 1.47 bits per heavy atom. The van der Waals surface area contributed by atoms with Gasteiger partial charge in [-0.25, -0.2) is 18.4 Å². The van der Waals surface area contributed by atoms with Crippen LogP contribution in [0.5, 0.6) is 0 Å². The first kappa shape index (κ1) is 12.4. The lowest BCUT2D eigenvalue weighted by Gasteiger charge is -2.07. The highest BCUT2D eigenvalue weighted by Gasteiger charge is 2.22. The second-order valence-electron chi connectivity index (χ2n) is 2.65. The van der Waals surface area contributed by atoms with Gasteiger partial charge in [0.25, 0.3) is 0 Å². The Morgan fingerprint density at radius 2 is 2.07 bits per heavy atom. The molecule has 15 heavy (non-hydrogen) atoms. The topological polar surface area (TPSA) is 86.5 Å². The molecule has 0 saturated carbocycles. The lowest BCUT2D eigenvalue weighted by molar-refractivity contribution is 0.0596. The number of hydrogen-bond acceptors (Lipinski definition) is 4. The molecule has 1 aromatic carbocycles. The second kappa shape index (κ2) is 4.45. The fraction of sp³-hybridized carbons (Fsp3) is 0.125. The zero-order valence-electron chi connectivity index (χ0n) is 7.73. The minimum absolute atomic E-state index is 0.0492. The van der Waals surface area contributed by atoms with Gasteiger partial charge in [0.2, 0.25) is 10.0 Å². The summed E-state index contributed by atoms with van der Waals surface area (Å²) in [5.41, 5.74) is -0.0492. The van der Waals surface area contributed by atoms with Crippen molar-refractivity contribution >= 4 is 38.6 Å². The molecular formula is C8H8INO4S. The van der Waals surface area contributed by atoms with Crippen molar-refractivity contribution < 1.29 is 17.9 Å². The average molecular weight is 341 g/mol. The van der Waals surface area contributed by atoms with Gasteiger partial charge in [-0.3, -0.25) is 0 Å². The number of methoxy groups -OCH3 is 1. The van der Waals surface area contributed by atoms with Gasteiger partial charge in [-0.15, -0.1) is 0 Å². The van der Waals surface area contributed by atoms with Gasteiger partial charge in [0.1, 0.15) is 4.90 Å². The lowest BCUT2D eigenvalue weighted by atomic mass is 10.2. The zero-order chi connectivity index (χ0) is 11.6. The highest BCUT2D eigenvalue weighted by Crippen LogP contribution is 2.21. The van der Waals surface area contributed by atoms with Crippen molar-refractivity contribution in [3.63, 3.8) is 0 Å². The van der Waals surface area contributed by atoms with Crippen molar-refractivity contribution in [2.45, 2.75) is 4.90 Å². The molecule has 0 bridgehead atoms. The Bertz CT molecular complexity index is 497. The van der Waals surface area contributed by atoms with E-state index < -0.39 is 16.0 Å². The Kier molecular flexibility index (Phi) is 3.68. The van der Waals surface area contributed by atoms with Crippen LogP contribution in [0.1, 0.15) is 10.4 Å². The van der Waals surface area contributed by atoms with Gasteiger partial charge in [0.05, 0.1) is 12.7 Å². The molecule has 0 fully saturated rings. The average Bonchev–Trinajstić information content (AvgIpc) is 2.14. The molecule has 82 valence electrons. The van der Waals surface area contributed by atoms with Crippen LogP contribution in [0, 0.1) is 3.57 Å². The summed E-state index contributed by atoms with van der Waals surface area (Å²) in [6, 6.07) is 4.46. The predicted molar refractivity (Wildman–Crippen MR) is 61.9 cm³/mol. The fourth-order valence-electron chi connectivity index (χ4n) is 1.07. The summed E-state index contributed by atoms with van der Waals surface area (Å²) in [5, 5.41) is 5.01. The largest absolute Gasteiger partial charge is 0.465 e. The third kappa shape index (κ3) is 2.67. The monoisotopic (exact) mass is 341 g/mol. The summed E-state index contributed by atoms with van der Waals surface area (Å²) >= 11 is 1.79. The molecule has 0 saturated heterocycles. The number of nitrogens with two attached hydrogens (primary N) is 1. The second-order valence-corrected chi connectivity index (χ2v) is 5.31. The zero-order valence-corrected chi connectivity index (χ0v) is 10.7. The summed E-state index contributed by atoms with van der Waals surface area (Å²) in [4.78, 5) is 11.1. The molecule has 1 aromatic rings. The van der Waals surface area contributed by atoms with Gasteiger partial charge < -0.3 is 4.74 Å². The van der Waals surface area contributed by atoms with Crippen molar-refractivity contribution in [1.82, 2.24) is 0 Å². The standard InChI is InChI=1S/C8H8INO4S/c1-14-8(11)5-3-2-4-6(9)7(5)15(10,12)13/h2-4H,1H3,(H2,10,12,13). The first-order valence-corrected chi connectivity index (χ1v) is 6.40. The number of rotatable bonds is 2. The first-order valence-electron chi connectivity index (χ1n) is 3.77. The molecule has 0 aromatic heterocycles. The number of carbonyl (C=O) groups excluding carboxylic acids is 1. The van der Waals surface area contributed by atoms with E-state index in [1.54, 1.807) is 34.7 Å². The van der Waals surface area contributed by atoms with Gasteiger partial charge in [0, 0.05) is 3.57 Å². The molecule has 5 nitrogen and oxygen atoms in total. The number of hydrogen-bond donors (Lipinski definition) is 1. The Balaban J connectivity index is 3.54. The molecule has 7 heteroatoms. The smallest absolute Gasteiger partial charge is 0.339 e. The number of primary sulfonamides is 1. The third-order valence-electron chi connectivity index (χ3n) is 1.66. The van der Waals surface area contributed by atoms with E-state index in [0.717, 1.165) is 0 Å². The van der Waals surface area contributed by atoms with Crippen molar-refractivity contribution in [3.05, 3.63) is 27.3 Å². The van der Waals surface area contributed by atoms with Crippen LogP contribution < -0.4 is 5.14 Å². The highest BCUT2D eigenvalue weighted by atomic mass is 127. The van der Waals surface area contributed by atoms with E-state index in [0.29, 0.717) is 3.57 Å². The Morgan fingerprint density at radius 3 is 2.53 bits per heavy atom. The number of benzene rings is 1. The van der Waals surface area contributed by atoms with Crippen molar-refractivity contribution in [3.8, 4) is 0 Å². The molecule has 2 N–H and O–H groups in total. The summed E-state index contributed by atoms with van der Waals surface area (Å²) < 4.78 is 27.4. The number of ether oxygens (including phenoxy) is 1.